The van der Waals surface area contributed by atoms with Crippen molar-refractivity contribution in [3.63, 3.8) is 0 Å². The SMILES string of the molecule is CCNCC(OCCOC)c1ccc(F)cc1. The number of rotatable bonds is 8. The fourth-order valence-electron chi connectivity index (χ4n) is 1.50. The summed E-state index contributed by atoms with van der Waals surface area (Å²) in [5.41, 5.74) is 0.975. The maximum absolute atomic E-state index is 12.8. The molecule has 1 N–H and O–H groups in total. The molecule has 0 aromatic heterocycles. The van der Waals surface area contributed by atoms with E-state index in [2.05, 4.69) is 5.32 Å². The van der Waals surface area contributed by atoms with Crippen molar-refractivity contribution in [2.24, 2.45) is 0 Å². The summed E-state index contributed by atoms with van der Waals surface area (Å²) in [6.07, 6.45) is -0.0642. The van der Waals surface area contributed by atoms with Gasteiger partial charge < -0.3 is 14.8 Å². The van der Waals surface area contributed by atoms with Gasteiger partial charge in [-0.05, 0) is 24.2 Å². The Labute approximate surface area is 102 Å². The highest BCUT2D eigenvalue weighted by Gasteiger charge is 2.11. The number of halogens is 1. The number of nitrogens with one attached hydrogen (secondary N) is 1. The highest BCUT2D eigenvalue weighted by Crippen LogP contribution is 2.17. The number of benzene rings is 1. The fourth-order valence-corrected chi connectivity index (χ4v) is 1.50. The summed E-state index contributed by atoms with van der Waals surface area (Å²) in [6.45, 7) is 4.72. The Morgan fingerprint density at radius 3 is 2.53 bits per heavy atom. The number of ether oxygens (including phenoxy) is 2. The van der Waals surface area contributed by atoms with Gasteiger partial charge in [-0.15, -0.1) is 0 Å². The molecule has 1 aromatic rings. The lowest BCUT2D eigenvalue weighted by molar-refractivity contribution is 0.0168. The molecule has 0 spiro atoms. The second-order valence-electron chi connectivity index (χ2n) is 3.71. The molecule has 0 aliphatic rings. The van der Waals surface area contributed by atoms with Crippen LogP contribution in [0.25, 0.3) is 0 Å². The normalized spacial score (nSPS) is 12.6. The van der Waals surface area contributed by atoms with E-state index in [9.17, 15) is 4.39 Å². The molecular formula is C13H20FNO2. The first-order valence-electron chi connectivity index (χ1n) is 5.84. The van der Waals surface area contributed by atoms with Crippen molar-refractivity contribution in [1.29, 1.82) is 0 Å². The molecule has 1 atom stereocenters. The lowest BCUT2D eigenvalue weighted by Crippen LogP contribution is -2.24. The zero-order chi connectivity index (χ0) is 12.5. The van der Waals surface area contributed by atoms with E-state index < -0.39 is 0 Å². The van der Waals surface area contributed by atoms with E-state index in [1.807, 2.05) is 6.92 Å². The van der Waals surface area contributed by atoms with Gasteiger partial charge in [0.1, 0.15) is 5.82 Å². The number of methoxy groups -OCH3 is 1. The lowest BCUT2D eigenvalue weighted by Gasteiger charge is -2.18. The first kappa shape index (κ1) is 14.1. The van der Waals surface area contributed by atoms with Gasteiger partial charge in [-0.1, -0.05) is 19.1 Å². The summed E-state index contributed by atoms with van der Waals surface area (Å²) in [4.78, 5) is 0. The molecule has 0 amide bonds. The second-order valence-corrected chi connectivity index (χ2v) is 3.71. The van der Waals surface area contributed by atoms with Crippen LogP contribution < -0.4 is 5.32 Å². The number of hydrogen-bond donors (Lipinski definition) is 1. The molecule has 17 heavy (non-hydrogen) atoms. The van der Waals surface area contributed by atoms with Gasteiger partial charge in [-0.2, -0.15) is 0 Å². The molecule has 0 saturated heterocycles. The van der Waals surface area contributed by atoms with E-state index >= 15 is 0 Å². The molecule has 0 saturated carbocycles. The minimum Gasteiger partial charge on any atom is -0.382 e. The Bertz CT molecular complexity index is 303. The molecule has 4 heteroatoms. The van der Waals surface area contributed by atoms with Crippen molar-refractivity contribution < 1.29 is 13.9 Å². The van der Waals surface area contributed by atoms with E-state index in [0.29, 0.717) is 19.8 Å². The Kier molecular flexibility index (Phi) is 6.77. The highest BCUT2D eigenvalue weighted by atomic mass is 19.1. The summed E-state index contributed by atoms with van der Waals surface area (Å²) in [5.74, 6) is -0.229. The Hall–Kier alpha value is -0.970. The predicted molar refractivity (Wildman–Crippen MR) is 65.5 cm³/mol. The first-order chi connectivity index (χ1) is 8.27. The minimum atomic E-state index is -0.229. The third-order valence-corrected chi connectivity index (χ3v) is 2.43. The van der Waals surface area contributed by atoms with Crippen LogP contribution in [0, 0.1) is 5.82 Å². The molecule has 0 radical (unpaired) electrons. The minimum absolute atomic E-state index is 0.0642. The molecule has 1 rings (SSSR count). The van der Waals surface area contributed by atoms with Crippen molar-refractivity contribution in [3.05, 3.63) is 35.6 Å². The maximum Gasteiger partial charge on any atom is 0.123 e. The summed E-state index contributed by atoms with van der Waals surface area (Å²) in [5, 5.41) is 3.23. The van der Waals surface area contributed by atoms with Crippen LogP contribution >= 0.6 is 0 Å². The molecule has 0 bridgehead atoms. The molecule has 0 heterocycles. The number of likely N-dealkylation sites (N-methyl/N-ethyl adjacent to an activating group) is 1. The predicted octanol–water partition coefficient (Wildman–Crippen LogP) is 2.14. The molecule has 0 aliphatic heterocycles. The molecule has 3 nitrogen and oxygen atoms in total. The molecular weight excluding hydrogens is 221 g/mol. The van der Waals surface area contributed by atoms with Crippen molar-refractivity contribution in [2.75, 3.05) is 33.4 Å². The van der Waals surface area contributed by atoms with Crippen molar-refractivity contribution in [3.8, 4) is 0 Å². The van der Waals surface area contributed by atoms with Gasteiger partial charge in [-0.25, -0.2) is 4.39 Å². The Morgan fingerprint density at radius 1 is 1.24 bits per heavy atom. The molecule has 1 aromatic carbocycles. The Balaban J connectivity index is 2.57. The second kappa shape index (κ2) is 8.17. The summed E-state index contributed by atoms with van der Waals surface area (Å²) >= 11 is 0. The molecule has 0 fully saturated rings. The van der Waals surface area contributed by atoms with E-state index in [1.165, 1.54) is 12.1 Å². The smallest absolute Gasteiger partial charge is 0.123 e. The van der Waals surface area contributed by atoms with Crippen molar-refractivity contribution >= 4 is 0 Å². The molecule has 96 valence electrons. The van der Waals surface area contributed by atoms with Gasteiger partial charge >= 0.3 is 0 Å². The Morgan fingerprint density at radius 2 is 1.94 bits per heavy atom. The van der Waals surface area contributed by atoms with Gasteiger partial charge in [0.2, 0.25) is 0 Å². The summed E-state index contributed by atoms with van der Waals surface area (Å²) in [7, 11) is 1.64. The largest absolute Gasteiger partial charge is 0.382 e. The van der Waals surface area contributed by atoms with Gasteiger partial charge in [0.05, 0.1) is 19.3 Å². The van der Waals surface area contributed by atoms with E-state index in [1.54, 1.807) is 19.2 Å². The van der Waals surface area contributed by atoms with Crippen LogP contribution in [-0.4, -0.2) is 33.4 Å². The van der Waals surface area contributed by atoms with Crippen LogP contribution in [0.3, 0.4) is 0 Å². The zero-order valence-electron chi connectivity index (χ0n) is 10.4. The average Bonchev–Trinajstić information content (AvgIpc) is 2.35. The quantitative estimate of drug-likeness (QED) is 0.707. The van der Waals surface area contributed by atoms with E-state index in [4.69, 9.17) is 9.47 Å². The van der Waals surface area contributed by atoms with Crippen LogP contribution in [-0.2, 0) is 9.47 Å². The van der Waals surface area contributed by atoms with Gasteiger partial charge in [0.25, 0.3) is 0 Å². The van der Waals surface area contributed by atoms with E-state index in [-0.39, 0.29) is 11.9 Å². The monoisotopic (exact) mass is 241 g/mol. The average molecular weight is 241 g/mol. The lowest BCUT2D eigenvalue weighted by atomic mass is 10.1. The third kappa shape index (κ3) is 5.26. The summed E-state index contributed by atoms with van der Waals surface area (Å²) < 4.78 is 23.5. The third-order valence-electron chi connectivity index (χ3n) is 2.43. The van der Waals surface area contributed by atoms with Gasteiger partial charge in [0, 0.05) is 13.7 Å². The van der Waals surface area contributed by atoms with E-state index in [0.717, 1.165) is 12.1 Å². The van der Waals surface area contributed by atoms with Gasteiger partial charge in [0.15, 0.2) is 0 Å². The highest BCUT2D eigenvalue weighted by molar-refractivity contribution is 5.19. The fraction of sp³-hybridized carbons (Fsp3) is 0.538. The van der Waals surface area contributed by atoms with Crippen LogP contribution in [0.15, 0.2) is 24.3 Å². The number of hydrogen-bond acceptors (Lipinski definition) is 3. The zero-order valence-corrected chi connectivity index (χ0v) is 10.4. The standard InChI is InChI=1S/C13H20FNO2/c1-3-15-10-13(17-9-8-16-2)11-4-6-12(14)7-5-11/h4-7,13,15H,3,8-10H2,1-2H3. The van der Waals surface area contributed by atoms with Crippen LogP contribution in [0.2, 0.25) is 0 Å². The summed E-state index contributed by atoms with van der Waals surface area (Å²) in [6, 6.07) is 6.41. The molecule has 1 unspecified atom stereocenters. The van der Waals surface area contributed by atoms with Gasteiger partial charge in [-0.3, -0.25) is 0 Å². The molecule has 0 aliphatic carbocycles. The topological polar surface area (TPSA) is 30.5 Å². The maximum atomic E-state index is 12.8. The van der Waals surface area contributed by atoms with Crippen LogP contribution in [0.4, 0.5) is 4.39 Å². The van der Waals surface area contributed by atoms with Crippen molar-refractivity contribution in [2.45, 2.75) is 13.0 Å². The first-order valence-corrected chi connectivity index (χ1v) is 5.84. The van der Waals surface area contributed by atoms with Crippen molar-refractivity contribution in [1.82, 2.24) is 5.32 Å². The van der Waals surface area contributed by atoms with Crippen LogP contribution in [0.5, 0.6) is 0 Å². The van der Waals surface area contributed by atoms with Crippen LogP contribution in [0.1, 0.15) is 18.6 Å².